The van der Waals surface area contributed by atoms with Crippen molar-refractivity contribution in [3.05, 3.63) is 58.6 Å². The second-order valence-corrected chi connectivity index (χ2v) is 5.46. The van der Waals surface area contributed by atoms with Gasteiger partial charge in [0.05, 0.1) is 5.69 Å². The van der Waals surface area contributed by atoms with E-state index in [9.17, 15) is 4.79 Å². The highest BCUT2D eigenvalue weighted by Crippen LogP contribution is 2.26. The Kier molecular flexibility index (Phi) is 2.99. The smallest absolute Gasteiger partial charge is 0.166 e. The summed E-state index contributed by atoms with van der Waals surface area (Å²) in [6.45, 7) is 0. The van der Waals surface area contributed by atoms with Crippen LogP contribution in [-0.4, -0.2) is 11.3 Å². The molecule has 2 nitrogen and oxygen atoms in total. The van der Waals surface area contributed by atoms with E-state index >= 15 is 0 Å². The van der Waals surface area contributed by atoms with E-state index in [2.05, 4.69) is 35.3 Å². The number of nitrogens with one attached hydrogen (secondary N) is 1. The molecule has 0 fully saturated rings. The third-order valence-electron chi connectivity index (χ3n) is 3.01. The zero-order valence-corrected chi connectivity index (χ0v) is 10.7. The van der Waals surface area contributed by atoms with Gasteiger partial charge >= 0.3 is 0 Å². The Hall–Kier alpha value is -1.87. The van der Waals surface area contributed by atoms with Gasteiger partial charge in [0.15, 0.2) is 6.29 Å². The summed E-state index contributed by atoms with van der Waals surface area (Å²) in [6.07, 6.45) is 2.97. The van der Waals surface area contributed by atoms with E-state index in [0.29, 0.717) is 5.69 Å². The van der Waals surface area contributed by atoms with Crippen LogP contribution in [0.1, 0.15) is 20.9 Å². The minimum absolute atomic E-state index is 0.658. The number of aromatic amines is 1. The summed E-state index contributed by atoms with van der Waals surface area (Å²) in [4.78, 5) is 16.2. The van der Waals surface area contributed by atoms with Gasteiger partial charge in [0.1, 0.15) is 4.83 Å². The first-order valence-electron chi connectivity index (χ1n) is 5.96. The first-order chi connectivity index (χ1) is 8.85. The summed E-state index contributed by atoms with van der Waals surface area (Å²) in [6, 6.07) is 14.6. The molecule has 0 unspecified atom stereocenters. The number of aldehydes is 1. The number of hydrogen-bond donors (Lipinski definition) is 1. The zero-order valence-electron chi connectivity index (χ0n) is 9.85. The first kappa shape index (κ1) is 11.2. The lowest BCUT2D eigenvalue weighted by Crippen LogP contribution is -1.87. The molecule has 0 radical (unpaired) electrons. The van der Waals surface area contributed by atoms with Crippen molar-refractivity contribution < 1.29 is 4.79 Å². The zero-order chi connectivity index (χ0) is 12.4. The second kappa shape index (κ2) is 4.78. The molecule has 0 amide bonds. The Morgan fingerprint density at radius 3 is 2.67 bits per heavy atom. The van der Waals surface area contributed by atoms with Crippen molar-refractivity contribution in [1.29, 1.82) is 0 Å². The number of hydrogen-bond acceptors (Lipinski definition) is 2. The summed E-state index contributed by atoms with van der Waals surface area (Å²) in [5.74, 6) is 0. The molecule has 0 saturated carbocycles. The largest absolute Gasteiger partial charge is 0.344 e. The topological polar surface area (TPSA) is 32.9 Å². The summed E-state index contributed by atoms with van der Waals surface area (Å²) in [7, 11) is 0. The maximum Gasteiger partial charge on any atom is 0.166 e. The standard InChI is InChI=1S/C15H13NOS/c17-10-13-8-12-9-14(18-15(12)16-13)7-6-11-4-2-1-3-5-11/h1-5,8-10,16H,6-7H2. The first-order valence-corrected chi connectivity index (χ1v) is 6.77. The number of aromatic nitrogens is 1. The van der Waals surface area contributed by atoms with Crippen LogP contribution in [0.5, 0.6) is 0 Å². The predicted molar refractivity (Wildman–Crippen MR) is 75.4 cm³/mol. The Morgan fingerprint density at radius 1 is 1.11 bits per heavy atom. The molecule has 3 rings (SSSR count). The van der Waals surface area contributed by atoms with Crippen LogP contribution in [0.25, 0.3) is 10.2 Å². The van der Waals surface area contributed by atoms with E-state index in [-0.39, 0.29) is 0 Å². The van der Waals surface area contributed by atoms with Gasteiger partial charge in [0.2, 0.25) is 0 Å². The fourth-order valence-corrected chi connectivity index (χ4v) is 3.15. The average molecular weight is 255 g/mol. The number of carbonyl (C=O) groups is 1. The van der Waals surface area contributed by atoms with E-state index in [0.717, 1.165) is 29.3 Å². The molecule has 3 heteroatoms. The molecule has 0 bridgehead atoms. The number of H-pyrrole nitrogens is 1. The van der Waals surface area contributed by atoms with Crippen molar-refractivity contribution in [1.82, 2.24) is 4.98 Å². The van der Waals surface area contributed by atoms with Gasteiger partial charge in [-0.15, -0.1) is 11.3 Å². The SMILES string of the molecule is O=Cc1cc2cc(CCc3ccccc3)sc2[nH]1. The molecule has 90 valence electrons. The lowest BCUT2D eigenvalue weighted by atomic mass is 10.1. The van der Waals surface area contributed by atoms with E-state index in [1.165, 1.54) is 10.4 Å². The second-order valence-electron chi connectivity index (χ2n) is 4.33. The maximum atomic E-state index is 10.6. The van der Waals surface area contributed by atoms with Crippen molar-refractivity contribution in [2.75, 3.05) is 0 Å². The minimum Gasteiger partial charge on any atom is -0.344 e. The fraction of sp³-hybridized carbons (Fsp3) is 0.133. The summed E-state index contributed by atoms with van der Waals surface area (Å²) < 4.78 is 0. The fourth-order valence-electron chi connectivity index (χ4n) is 2.10. The van der Waals surface area contributed by atoms with Gasteiger partial charge in [-0.3, -0.25) is 4.79 Å². The van der Waals surface area contributed by atoms with Crippen LogP contribution in [-0.2, 0) is 12.8 Å². The number of rotatable bonds is 4. The molecule has 18 heavy (non-hydrogen) atoms. The number of thiophene rings is 1. The molecular formula is C15H13NOS. The van der Waals surface area contributed by atoms with E-state index in [4.69, 9.17) is 0 Å². The highest BCUT2D eigenvalue weighted by atomic mass is 32.1. The van der Waals surface area contributed by atoms with E-state index < -0.39 is 0 Å². The molecule has 0 saturated heterocycles. The van der Waals surface area contributed by atoms with Crippen LogP contribution in [0.15, 0.2) is 42.5 Å². The Morgan fingerprint density at radius 2 is 1.94 bits per heavy atom. The normalized spacial score (nSPS) is 10.9. The van der Waals surface area contributed by atoms with Crippen LogP contribution in [0, 0.1) is 0 Å². The number of carbonyl (C=O) groups excluding carboxylic acids is 1. The minimum atomic E-state index is 0.658. The molecule has 0 spiro atoms. The van der Waals surface area contributed by atoms with Gasteiger partial charge in [-0.2, -0.15) is 0 Å². The van der Waals surface area contributed by atoms with Crippen molar-refractivity contribution in [2.45, 2.75) is 12.8 Å². The van der Waals surface area contributed by atoms with Crippen molar-refractivity contribution in [3.63, 3.8) is 0 Å². The molecule has 0 aliphatic rings. The monoisotopic (exact) mass is 255 g/mol. The lowest BCUT2D eigenvalue weighted by Gasteiger charge is -1.98. The summed E-state index contributed by atoms with van der Waals surface area (Å²) >= 11 is 1.74. The number of aryl methyl sites for hydroxylation is 2. The van der Waals surface area contributed by atoms with Crippen LogP contribution in [0.4, 0.5) is 0 Å². The third-order valence-corrected chi connectivity index (χ3v) is 4.14. The van der Waals surface area contributed by atoms with Crippen molar-refractivity contribution in [2.24, 2.45) is 0 Å². The van der Waals surface area contributed by atoms with Gasteiger partial charge in [0.25, 0.3) is 0 Å². The predicted octanol–water partition coefficient (Wildman–Crippen LogP) is 3.83. The van der Waals surface area contributed by atoms with Crippen molar-refractivity contribution in [3.8, 4) is 0 Å². The molecule has 0 aliphatic carbocycles. The Labute approximate surface area is 109 Å². The third kappa shape index (κ3) is 2.22. The highest BCUT2D eigenvalue weighted by Gasteiger charge is 2.05. The van der Waals surface area contributed by atoms with Crippen LogP contribution >= 0.6 is 11.3 Å². The summed E-state index contributed by atoms with van der Waals surface area (Å²) in [5.41, 5.74) is 2.02. The summed E-state index contributed by atoms with van der Waals surface area (Å²) in [5, 5.41) is 1.14. The van der Waals surface area contributed by atoms with E-state index in [1.807, 2.05) is 12.1 Å². The Bertz CT molecular complexity index is 635. The lowest BCUT2D eigenvalue weighted by molar-refractivity contribution is 0.112. The molecular weight excluding hydrogens is 242 g/mol. The molecule has 2 aromatic heterocycles. The van der Waals surface area contributed by atoms with Crippen molar-refractivity contribution >= 4 is 27.8 Å². The van der Waals surface area contributed by atoms with E-state index in [1.54, 1.807) is 11.3 Å². The molecule has 3 aromatic rings. The molecule has 1 N–H and O–H groups in total. The molecule has 1 aromatic carbocycles. The number of benzene rings is 1. The van der Waals surface area contributed by atoms with Gasteiger partial charge in [-0.05, 0) is 30.5 Å². The quantitative estimate of drug-likeness (QED) is 0.706. The number of fused-ring (bicyclic) bond motifs is 1. The molecule has 2 heterocycles. The Balaban J connectivity index is 1.75. The molecule has 0 atom stereocenters. The highest BCUT2D eigenvalue weighted by molar-refractivity contribution is 7.18. The molecule has 0 aliphatic heterocycles. The van der Waals surface area contributed by atoms with Crippen LogP contribution in [0.2, 0.25) is 0 Å². The van der Waals surface area contributed by atoms with Crippen LogP contribution < -0.4 is 0 Å². The van der Waals surface area contributed by atoms with Gasteiger partial charge < -0.3 is 4.98 Å². The van der Waals surface area contributed by atoms with Crippen LogP contribution in [0.3, 0.4) is 0 Å². The van der Waals surface area contributed by atoms with Gasteiger partial charge in [0, 0.05) is 10.3 Å². The van der Waals surface area contributed by atoms with Gasteiger partial charge in [-0.1, -0.05) is 30.3 Å². The average Bonchev–Trinajstić information content (AvgIpc) is 2.95. The maximum absolute atomic E-state index is 10.6. The van der Waals surface area contributed by atoms with Gasteiger partial charge in [-0.25, -0.2) is 0 Å².